The fourth-order valence-corrected chi connectivity index (χ4v) is 2.96. The van der Waals surface area contributed by atoms with Crippen LogP contribution in [-0.4, -0.2) is 31.2 Å². The highest BCUT2D eigenvalue weighted by atomic mass is 32.1. The highest BCUT2D eigenvalue weighted by molar-refractivity contribution is 7.14. The first-order valence-corrected chi connectivity index (χ1v) is 6.98. The molecule has 0 saturated carbocycles. The summed E-state index contributed by atoms with van der Waals surface area (Å²) in [6.07, 6.45) is 0. The standard InChI is InChI=1S/C13H13F2N3S/c14-9-1-2-11(15)10(7-9)12-8-19-13(17-12)18-5-3-16-4-6-18/h1-2,7-8,16H,3-6H2. The molecule has 0 aliphatic carbocycles. The largest absolute Gasteiger partial charge is 0.346 e. The minimum Gasteiger partial charge on any atom is -0.346 e. The second-order valence-corrected chi connectivity index (χ2v) is 5.21. The molecule has 0 spiro atoms. The van der Waals surface area contributed by atoms with Gasteiger partial charge in [0.05, 0.1) is 5.69 Å². The van der Waals surface area contributed by atoms with Crippen LogP contribution in [0, 0.1) is 11.6 Å². The van der Waals surface area contributed by atoms with Crippen molar-refractivity contribution in [1.82, 2.24) is 10.3 Å². The van der Waals surface area contributed by atoms with Gasteiger partial charge in [0.1, 0.15) is 11.6 Å². The molecule has 1 aromatic heterocycles. The maximum atomic E-state index is 13.7. The minimum atomic E-state index is -0.451. The lowest BCUT2D eigenvalue weighted by Gasteiger charge is -2.26. The van der Waals surface area contributed by atoms with Gasteiger partial charge in [-0.1, -0.05) is 0 Å². The molecular weight excluding hydrogens is 268 g/mol. The first-order chi connectivity index (χ1) is 9.24. The van der Waals surface area contributed by atoms with E-state index in [4.69, 9.17) is 0 Å². The van der Waals surface area contributed by atoms with Crippen molar-refractivity contribution < 1.29 is 8.78 Å². The highest BCUT2D eigenvalue weighted by Gasteiger charge is 2.16. The van der Waals surface area contributed by atoms with Gasteiger partial charge in [0.2, 0.25) is 0 Å². The van der Waals surface area contributed by atoms with Gasteiger partial charge in [-0.15, -0.1) is 11.3 Å². The third kappa shape index (κ3) is 2.59. The molecule has 2 aromatic rings. The second-order valence-electron chi connectivity index (χ2n) is 4.38. The Morgan fingerprint density at radius 1 is 1.21 bits per heavy atom. The monoisotopic (exact) mass is 281 g/mol. The van der Waals surface area contributed by atoms with E-state index in [9.17, 15) is 8.78 Å². The van der Waals surface area contributed by atoms with Crippen molar-refractivity contribution in [3.63, 3.8) is 0 Å². The normalized spacial score (nSPS) is 15.8. The van der Waals surface area contributed by atoms with E-state index in [1.165, 1.54) is 17.4 Å². The SMILES string of the molecule is Fc1ccc(F)c(-c2csc(N3CCNCC3)n2)c1. The summed E-state index contributed by atoms with van der Waals surface area (Å²) in [5, 5.41) is 5.90. The predicted octanol–water partition coefficient (Wildman–Crippen LogP) is 2.50. The van der Waals surface area contributed by atoms with E-state index < -0.39 is 11.6 Å². The van der Waals surface area contributed by atoms with Gasteiger partial charge in [-0.05, 0) is 18.2 Å². The molecule has 100 valence electrons. The summed E-state index contributed by atoms with van der Waals surface area (Å²) >= 11 is 1.46. The summed E-state index contributed by atoms with van der Waals surface area (Å²) in [7, 11) is 0. The number of rotatable bonds is 2. The highest BCUT2D eigenvalue weighted by Crippen LogP contribution is 2.29. The lowest BCUT2D eigenvalue weighted by molar-refractivity contribution is 0.588. The van der Waals surface area contributed by atoms with Gasteiger partial charge >= 0.3 is 0 Å². The quantitative estimate of drug-likeness (QED) is 0.916. The van der Waals surface area contributed by atoms with E-state index in [0.29, 0.717) is 5.69 Å². The average Bonchev–Trinajstić information content (AvgIpc) is 2.92. The molecule has 0 bridgehead atoms. The van der Waals surface area contributed by atoms with Gasteiger partial charge in [-0.2, -0.15) is 0 Å². The lowest BCUT2D eigenvalue weighted by Crippen LogP contribution is -2.43. The first kappa shape index (κ1) is 12.5. The van der Waals surface area contributed by atoms with Crippen LogP contribution in [0.4, 0.5) is 13.9 Å². The summed E-state index contributed by atoms with van der Waals surface area (Å²) in [6, 6.07) is 3.43. The Bertz CT molecular complexity index is 579. The number of nitrogens with zero attached hydrogens (tertiary/aromatic N) is 2. The molecular formula is C13H13F2N3S. The van der Waals surface area contributed by atoms with Crippen LogP contribution < -0.4 is 10.2 Å². The topological polar surface area (TPSA) is 28.2 Å². The molecule has 6 heteroatoms. The van der Waals surface area contributed by atoms with Crippen molar-refractivity contribution in [3.05, 3.63) is 35.2 Å². The fraction of sp³-hybridized carbons (Fsp3) is 0.308. The molecule has 19 heavy (non-hydrogen) atoms. The zero-order valence-electron chi connectivity index (χ0n) is 10.2. The van der Waals surface area contributed by atoms with Crippen LogP contribution in [0.1, 0.15) is 0 Å². The smallest absolute Gasteiger partial charge is 0.185 e. The maximum Gasteiger partial charge on any atom is 0.185 e. The minimum absolute atomic E-state index is 0.220. The Kier molecular flexibility index (Phi) is 3.44. The number of anilines is 1. The van der Waals surface area contributed by atoms with Crippen LogP contribution in [0.5, 0.6) is 0 Å². The summed E-state index contributed by atoms with van der Waals surface area (Å²) in [5.41, 5.74) is 0.716. The Morgan fingerprint density at radius 3 is 2.79 bits per heavy atom. The van der Waals surface area contributed by atoms with Gasteiger partial charge in [-0.25, -0.2) is 13.8 Å². The van der Waals surface area contributed by atoms with Crippen molar-refractivity contribution in [1.29, 1.82) is 0 Å². The number of hydrogen-bond donors (Lipinski definition) is 1. The van der Waals surface area contributed by atoms with Crippen molar-refractivity contribution in [3.8, 4) is 11.3 Å². The van der Waals surface area contributed by atoms with Gasteiger partial charge in [0, 0.05) is 37.1 Å². The Balaban J connectivity index is 1.89. The van der Waals surface area contributed by atoms with E-state index in [1.807, 2.05) is 0 Å². The van der Waals surface area contributed by atoms with Gasteiger partial charge in [0.25, 0.3) is 0 Å². The fourth-order valence-electron chi connectivity index (χ4n) is 2.08. The number of benzene rings is 1. The summed E-state index contributed by atoms with van der Waals surface area (Å²) in [6.45, 7) is 3.61. The van der Waals surface area contributed by atoms with Crippen LogP contribution in [0.25, 0.3) is 11.3 Å². The average molecular weight is 281 g/mol. The third-order valence-electron chi connectivity index (χ3n) is 3.08. The van der Waals surface area contributed by atoms with E-state index in [0.717, 1.165) is 43.4 Å². The molecule has 0 radical (unpaired) electrons. The van der Waals surface area contributed by atoms with E-state index in [1.54, 1.807) is 5.38 Å². The predicted molar refractivity (Wildman–Crippen MR) is 72.5 cm³/mol. The third-order valence-corrected chi connectivity index (χ3v) is 3.99. The number of piperazine rings is 1. The maximum absolute atomic E-state index is 13.7. The molecule has 1 fully saturated rings. The Morgan fingerprint density at radius 2 is 2.00 bits per heavy atom. The number of thiazole rings is 1. The summed E-state index contributed by atoms with van der Waals surface area (Å²) in [4.78, 5) is 6.57. The van der Waals surface area contributed by atoms with Gasteiger partial charge in [-0.3, -0.25) is 0 Å². The first-order valence-electron chi connectivity index (χ1n) is 6.10. The number of aromatic nitrogens is 1. The zero-order chi connectivity index (χ0) is 13.2. The van der Waals surface area contributed by atoms with Crippen LogP contribution >= 0.6 is 11.3 Å². The van der Waals surface area contributed by atoms with Crippen LogP contribution in [0.3, 0.4) is 0 Å². The summed E-state index contributed by atoms with van der Waals surface area (Å²) in [5.74, 6) is -0.897. The van der Waals surface area contributed by atoms with Crippen molar-refractivity contribution in [2.75, 3.05) is 31.1 Å². The molecule has 1 aliphatic heterocycles. The van der Waals surface area contributed by atoms with Gasteiger partial charge in [0.15, 0.2) is 5.13 Å². The Hall–Kier alpha value is -1.53. The molecule has 1 saturated heterocycles. The number of halogens is 2. The molecule has 2 heterocycles. The summed E-state index contributed by atoms with van der Waals surface area (Å²) < 4.78 is 26.9. The number of hydrogen-bond acceptors (Lipinski definition) is 4. The molecule has 3 rings (SSSR count). The zero-order valence-corrected chi connectivity index (χ0v) is 11.0. The molecule has 3 nitrogen and oxygen atoms in total. The van der Waals surface area contributed by atoms with Crippen molar-refractivity contribution in [2.24, 2.45) is 0 Å². The lowest BCUT2D eigenvalue weighted by atomic mass is 10.1. The van der Waals surface area contributed by atoms with Gasteiger partial charge < -0.3 is 10.2 Å². The molecule has 0 atom stereocenters. The molecule has 1 aliphatic rings. The molecule has 1 aromatic carbocycles. The van der Waals surface area contributed by atoms with Crippen molar-refractivity contribution in [2.45, 2.75) is 0 Å². The molecule has 1 N–H and O–H groups in total. The van der Waals surface area contributed by atoms with E-state index >= 15 is 0 Å². The Labute approximate surface area is 113 Å². The van der Waals surface area contributed by atoms with E-state index in [2.05, 4.69) is 15.2 Å². The van der Waals surface area contributed by atoms with Crippen LogP contribution in [0.15, 0.2) is 23.6 Å². The van der Waals surface area contributed by atoms with Crippen LogP contribution in [-0.2, 0) is 0 Å². The number of nitrogens with one attached hydrogen (secondary N) is 1. The van der Waals surface area contributed by atoms with E-state index in [-0.39, 0.29) is 5.56 Å². The van der Waals surface area contributed by atoms with Crippen molar-refractivity contribution >= 4 is 16.5 Å². The molecule has 0 amide bonds. The van der Waals surface area contributed by atoms with Crippen LogP contribution in [0.2, 0.25) is 0 Å². The molecule has 0 unspecified atom stereocenters. The second kappa shape index (κ2) is 5.22.